The molecule has 3 rings (SSSR count). The van der Waals surface area contributed by atoms with Gasteiger partial charge in [-0.3, -0.25) is 0 Å². The number of hydrogen-bond acceptors (Lipinski definition) is 6. The highest BCUT2D eigenvalue weighted by molar-refractivity contribution is 7.99. The van der Waals surface area contributed by atoms with Crippen LogP contribution in [0.1, 0.15) is 26.3 Å². The van der Waals surface area contributed by atoms with Gasteiger partial charge in [0.2, 0.25) is 0 Å². The van der Waals surface area contributed by atoms with Gasteiger partial charge in [-0.2, -0.15) is 0 Å². The van der Waals surface area contributed by atoms with Gasteiger partial charge in [-0.1, -0.05) is 51.1 Å². The Bertz CT molecular complexity index is 580. The molecule has 0 bridgehead atoms. The van der Waals surface area contributed by atoms with E-state index in [-0.39, 0.29) is 6.61 Å². The Labute approximate surface area is 147 Å². The van der Waals surface area contributed by atoms with Crippen LogP contribution >= 0.6 is 11.8 Å². The topological polar surface area (TPSA) is 79.2 Å². The molecular formula is C18H26O5S. The van der Waals surface area contributed by atoms with E-state index in [2.05, 4.69) is 0 Å². The van der Waals surface area contributed by atoms with E-state index in [1.165, 1.54) is 11.8 Å². The van der Waals surface area contributed by atoms with Gasteiger partial charge in [0.15, 0.2) is 0 Å². The van der Waals surface area contributed by atoms with Crippen LogP contribution in [0.3, 0.4) is 0 Å². The number of thioether (sulfide) groups is 1. The first-order valence-corrected chi connectivity index (χ1v) is 9.37. The Kier molecular flexibility index (Phi) is 4.75. The summed E-state index contributed by atoms with van der Waals surface area (Å²) in [5.41, 5.74) is -3.23. The fourth-order valence-electron chi connectivity index (χ4n) is 4.07. The van der Waals surface area contributed by atoms with E-state index >= 15 is 0 Å². The van der Waals surface area contributed by atoms with E-state index in [1.54, 1.807) is 13.8 Å². The van der Waals surface area contributed by atoms with Crippen LogP contribution in [-0.4, -0.2) is 56.5 Å². The minimum atomic E-state index is -1.51. The maximum Gasteiger partial charge on any atom is 0.134 e. The van der Waals surface area contributed by atoms with Crippen molar-refractivity contribution < 1.29 is 24.8 Å². The normalized spacial score (nSPS) is 40.2. The standard InChI is InChI=1S/C18H26O5S/c1-4-24-15-14(22-11-12-8-6-5-7-9-12)18(21)16(2,3)17(18,20)13(10-19)23-15/h5-9,13-15,19-21H,4,10-11H2,1-3H3/t13-,14+,15+,17-,18+/m1/s1. The third-order valence-corrected chi connectivity index (χ3v) is 6.64. The predicted octanol–water partition coefficient (Wildman–Crippen LogP) is 1.54. The van der Waals surface area contributed by atoms with Crippen LogP contribution in [0.5, 0.6) is 0 Å². The number of hydrogen-bond donors (Lipinski definition) is 3. The zero-order chi connectivity index (χ0) is 17.6. The zero-order valence-corrected chi connectivity index (χ0v) is 15.1. The Morgan fingerprint density at radius 2 is 1.83 bits per heavy atom. The van der Waals surface area contributed by atoms with Crippen molar-refractivity contribution in [1.29, 1.82) is 0 Å². The fraction of sp³-hybridized carbons (Fsp3) is 0.667. The molecule has 1 heterocycles. The average Bonchev–Trinajstić information content (AvgIpc) is 2.94. The molecule has 1 aliphatic heterocycles. The second kappa shape index (κ2) is 6.27. The lowest BCUT2D eigenvalue weighted by atomic mass is 10.00. The lowest BCUT2D eigenvalue weighted by Crippen LogP contribution is -2.58. The van der Waals surface area contributed by atoms with E-state index in [0.29, 0.717) is 6.61 Å². The molecule has 24 heavy (non-hydrogen) atoms. The van der Waals surface area contributed by atoms with Crippen molar-refractivity contribution in [3.8, 4) is 0 Å². The van der Waals surface area contributed by atoms with E-state index in [0.717, 1.165) is 11.3 Å². The lowest BCUT2D eigenvalue weighted by molar-refractivity contribution is -0.221. The molecule has 1 aromatic carbocycles. The molecule has 1 saturated heterocycles. The molecule has 0 amide bonds. The van der Waals surface area contributed by atoms with Crippen LogP contribution in [-0.2, 0) is 16.1 Å². The van der Waals surface area contributed by atoms with Gasteiger partial charge in [0.05, 0.1) is 13.2 Å². The van der Waals surface area contributed by atoms with Gasteiger partial charge < -0.3 is 24.8 Å². The first-order chi connectivity index (χ1) is 11.3. The molecule has 2 fully saturated rings. The largest absolute Gasteiger partial charge is 0.394 e. The highest BCUT2D eigenvalue weighted by Crippen LogP contribution is 2.72. The molecule has 3 N–H and O–H groups in total. The summed E-state index contributed by atoms with van der Waals surface area (Å²) in [6.07, 6.45) is -1.50. The summed E-state index contributed by atoms with van der Waals surface area (Å²) in [4.78, 5) is 0. The van der Waals surface area contributed by atoms with Crippen molar-refractivity contribution >= 4 is 11.8 Å². The minimum absolute atomic E-state index is 0.327. The second-order valence-corrected chi connectivity index (χ2v) is 8.38. The summed E-state index contributed by atoms with van der Waals surface area (Å²) in [6.45, 7) is 5.56. The number of aliphatic hydroxyl groups excluding tert-OH is 1. The van der Waals surface area contributed by atoms with E-state index < -0.39 is 34.3 Å². The van der Waals surface area contributed by atoms with Crippen LogP contribution in [0.4, 0.5) is 0 Å². The van der Waals surface area contributed by atoms with Crippen LogP contribution in [0, 0.1) is 5.41 Å². The van der Waals surface area contributed by atoms with Crippen molar-refractivity contribution in [2.24, 2.45) is 5.41 Å². The van der Waals surface area contributed by atoms with Crippen molar-refractivity contribution in [2.45, 2.75) is 56.2 Å². The average molecular weight is 354 g/mol. The van der Waals surface area contributed by atoms with Crippen molar-refractivity contribution in [1.82, 2.24) is 0 Å². The van der Waals surface area contributed by atoms with Gasteiger partial charge in [0, 0.05) is 5.41 Å². The van der Waals surface area contributed by atoms with Gasteiger partial charge in [-0.25, -0.2) is 0 Å². The zero-order valence-electron chi connectivity index (χ0n) is 14.3. The summed E-state index contributed by atoms with van der Waals surface area (Å²) in [6, 6.07) is 9.71. The smallest absolute Gasteiger partial charge is 0.134 e. The number of ether oxygens (including phenoxy) is 2. The van der Waals surface area contributed by atoms with E-state index in [4.69, 9.17) is 9.47 Å². The second-order valence-electron chi connectivity index (χ2n) is 7.01. The predicted molar refractivity (Wildman–Crippen MR) is 92.6 cm³/mol. The monoisotopic (exact) mass is 354 g/mol. The van der Waals surface area contributed by atoms with Gasteiger partial charge in [-0.15, -0.1) is 11.8 Å². The molecule has 2 aliphatic rings. The highest BCUT2D eigenvalue weighted by Gasteiger charge is 2.90. The molecule has 134 valence electrons. The summed E-state index contributed by atoms with van der Waals surface area (Å²) >= 11 is 1.51. The lowest BCUT2D eigenvalue weighted by Gasteiger charge is -2.41. The van der Waals surface area contributed by atoms with Crippen molar-refractivity contribution in [3.63, 3.8) is 0 Å². The van der Waals surface area contributed by atoms with Gasteiger partial charge in [0.1, 0.15) is 28.8 Å². The molecule has 0 aromatic heterocycles. The van der Waals surface area contributed by atoms with Crippen LogP contribution in [0.2, 0.25) is 0 Å². The molecule has 6 heteroatoms. The maximum atomic E-state index is 11.3. The molecule has 1 saturated carbocycles. The fourth-order valence-corrected chi connectivity index (χ4v) is 5.06. The van der Waals surface area contributed by atoms with Gasteiger partial charge in [0.25, 0.3) is 0 Å². The van der Waals surface area contributed by atoms with E-state index in [9.17, 15) is 15.3 Å². The molecule has 0 unspecified atom stereocenters. The van der Waals surface area contributed by atoms with Crippen LogP contribution in [0.25, 0.3) is 0 Å². The Balaban J connectivity index is 1.86. The summed E-state index contributed by atoms with van der Waals surface area (Å²) < 4.78 is 12.0. The third-order valence-electron chi connectivity index (χ3n) is 5.62. The molecule has 0 spiro atoms. The van der Waals surface area contributed by atoms with Crippen LogP contribution < -0.4 is 0 Å². The molecule has 5 nitrogen and oxygen atoms in total. The van der Waals surface area contributed by atoms with Crippen molar-refractivity contribution in [2.75, 3.05) is 12.4 Å². The van der Waals surface area contributed by atoms with Gasteiger partial charge >= 0.3 is 0 Å². The first kappa shape index (κ1) is 18.2. The summed E-state index contributed by atoms with van der Waals surface area (Å²) in [7, 11) is 0. The van der Waals surface area contributed by atoms with Gasteiger partial charge in [-0.05, 0) is 11.3 Å². The van der Waals surface area contributed by atoms with Crippen molar-refractivity contribution in [3.05, 3.63) is 35.9 Å². The van der Waals surface area contributed by atoms with Crippen LogP contribution in [0.15, 0.2) is 30.3 Å². The highest BCUT2D eigenvalue weighted by atomic mass is 32.2. The SMILES string of the molecule is CCS[C@@H]1O[C@H](CO)[C@@]2(O)C(C)(C)[C@@]2(O)[C@H]1OCc1ccccc1. The van der Waals surface area contributed by atoms with E-state index in [1.807, 2.05) is 37.3 Å². The summed E-state index contributed by atoms with van der Waals surface area (Å²) in [5.74, 6) is 0.781. The quantitative estimate of drug-likeness (QED) is 0.719. The Hall–Kier alpha value is -0.630. The number of aliphatic hydroxyl groups is 3. The summed E-state index contributed by atoms with van der Waals surface area (Å²) in [5, 5.41) is 32.0. The number of benzene rings is 1. The first-order valence-electron chi connectivity index (χ1n) is 8.32. The third kappa shape index (κ3) is 2.28. The molecular weight excluding hydrogens is 328 g/mol. The number of fused-ring (bicyclic) bond motifs is 1. The number of rotatable bonds is 6. The maximum absolute atomic E-state index is 11.3. The Morgan fingerprint density at radius 1 is 1.17 bits per heavy atom. The Morgan fingerprint density at radius 3 is 2.42 bits per heavy atom. The molecule has 0 radical (unpaired) electrons. The molecule has 1 aliphatic carbocycles. The molecule has 5 atom stereocenters. The molecule has 1 aromatic rings. The minimum Gasteiger partial charge on any atom is -0.394 e.